The molecule has 2 unspecified atom stereocenters. The molecule has 24 heavy (non-hydrogen) atoms. The standard InChI is InChI=1S/C17H14Br2N2O3/c18-9-2-1-8(5-10(9)19)14-15-12(6-24-7-13(15)22)21-11-3-4-20-17(23)16(11)14/h1-2,5,14-15H,3-4,6-7H2,(H,20,23). The van der Waals surface area contributed by atoms with Crippen molar-refractivity contribution in [3.8, 4) is 0 Å². The van der Waals surface area contributed by atoms with Crippen LogP contribution in [0.4, 0.5) is 0 Å². The smallest absolute Gasteiger partial charge is 0.249 e. The lowest BCUT2D eigenvalue weighted by molar-refractivity contribution is -0.127. The number of hydrogen-bond acceptors (Lipinski definition) is 4. The zero-order valence-electron chi connectivity index (χ0n) is 12.6. The number of benzene rings is 1. The van der Waals surface area contributed by atoms with Gasteiger partial charge in [-0.1, -0.05) is 6.07 Å². The molecule has 0 aliphatic carbocycles. The van der Waals surface area contributed by atoms with E-state index in [1.54, 1.807) is 0 Å². The van der Waals surface area contributed by atoms with Crippen LogP contribution in [0.1, 0.15) is 17.9 Å². The van der Waals surface area contributed by atoms with Crippen molar-refractivity contribution < 1.29 is 14.3 Å². The summed E-state index contributed by atoms with van der Waals surface area (Å²) in [6, 6.07) is 5.85. The van der Waals surface area contributed by atoms with Crippen LogP contribution in [0.5, 0.6) is 0 Å². The lowest BCUT2D eigenvalue weighted by Gasteiger charge is -2.37. The second-order valence-corrected chi connectivity index (χ2v) is 7.77. The van der Waals surface area contributed by atoms with Crippen LogP contribution in [0.2, 0.25) is 0 Å². The lowest BCUT2D eigenvalue weighted by Crippen LogP contribution is -2.46. The van der Waals surface area contributed by atoms with Crippen molar-refractivity contribution in [2.45, 2.75) is 12.3 Å². The van der Waals surface area contributed by atoms with Crippen LogP contribution in [-0.2, 0) is 14.3 Å². The first kappa shape index (κ1) is 16.2. The van der Waals surface area contributed by atoms with Gasteiger partial charge in [0.1, 0.15) is 6.61 Å². The molecular formula is C17H14Br2N2O3. The van der Waals surface area contributed by atoms with E-state index >= 15 is 0 Å². The monoisotopic (exact) mass is 452 g/mol. The van der Waals surface area contributed by atoms with E-state index in [4.69, 9.17) is 4.74 Å². The molecule has 7 heteroatoms. The summed E-state index contributed by atoms with van der Waals surface area (Å²) in [5.41, 5.74) is 3.08. The van der Waals surface area contributed by atoms with Crippen molar-refractivity contribution >= 4 is 49.3 Å². The zero-order valence-corrected chi connectivity index (χ0v) is 15.8. The Labute approximate surface area is 155 Å². The average molecular weight is 454 g/mol. The Balaban J connectivity index is 1.91. The SMILES string of the molecule is O=C1NCCC2=C1C(c1ccc(Br)c(Br)c1)C1C(=O)COCC1=N2. The number of amides is 1. The average Bonchev–Trinajstić information content (AvgIpc) is 2.56. The van der Waals surface area contributed by atoms with Crippen molar-refractivity contribution in [2.75, 3.05) is 19.8 Å². The second kappa shape index (κ2) is 6.20. The van der Waals surface area contributed by atoms with Crippen LogP contribution in [0.25, 0.3) is 0 Å². The normalized spacial score (nSPS) is 26.5. The number of fused-ring (bicyclic) bond motifs is 1. The lowest BCUT2D eigenvalue weighted by atomic mass is 9.72. The number of Topliss-reactive ketones (excluding diaryl/α,β-unsaturated/α-hetero) is 1. The maximum atomic E-state index is 12.6. The summed E-state index contributed by atoms with van der Waals surface area (Å²) in [6.07, 6.45) is 0.680. The van der Waals surface area contributed by atoms with E-state index in [-0.39, 0.29) is 24.2 Å². The maximum absolute atomic E-state index is 12.6. The maximum Gasteiger partial charge on any atom is 0.249 e. The molecule has 1 fully saturated rings. The molecule has 3 heterocycles. The molecule has 1 aromatic rings. The van der Waals surface area contributed by atoms with Gasteiger partial charge in [-0.3, -0.25) is 14.6 Å². The minimum Gasteiger partial charge on any atom is -0.368 e. The second-order valence-electron chi connectivity index (χ2n) is 6.06. The molecule has 0 bridgehead atoms. The number of halogens is 2. The summed E-state index contributed by atoms with van der Waals surface area (Å²) in [5, 5.41) is 2.89. The van der Waals surface area contributed by atoms with Crippen LogP contribution >= 0.6 is 31.9 Å². The summed E-state index contributed by atoms with van der Waals surface area (Å²) in [5.74, 6) is -0.876. The molecule has 5 nitrogen and oxygen atoms in total. The van der Waals surface area contributed by atoms with Gasteiger partial charge in [0.05, 0.1) is 23.9 Å². The fraction of sp³-hybridized carbons (Fsp3) is 0.353. The Bertz CT molecular complexity index is 816. The molecule has 0 spiro atoms. The van der Waals surface area contributed by atoms with Gasteiger partial charge in [-0.25, -0.2) is 0 Å². The van der Waals surface area contributed by atoms with Crippen LogP contribution in [0.15, 0.2) is 43.4 Å². The molecule has 2 atom stereocenters. The third-order valence-electron chi connectivity index (χ3n) is 4.63. The van der Waals surface area contributed by atoms with E-state index in [9.17, 15) is 9.59 Å². The van der Waals surface area contributed by atoms with E-state index in [1.165, 1.54) is 0 Å². The fourth-order valence-corrected chi connectivity index (χ4v) is 4.24. The summed E-state index contributed by atoms with van der Waals surface area (Å²) in [4.78, 5) is 29.7. The van der Waals surface area contributed by atoms with Gasteiger partial charge in [0.15, 0.2) is 5.78 Å². The molecule has 0 saturated carbocycles. The van der Waals surface area contributed by atoms with E-state index in [0.717, 1.165) is 25.9 Å². The molecule has 1 amide bonds. The van der Waals surface area contributed by atoms with Gasteiger partial charge in [-0.15, -0.1) is 0 Å². The molecule has 1 aromatic carbocycles. The first-order chi connectivity index (χ1) is 11.6. The van der Waals surface area contributed by atoms with Crippen LogP contribution in [0, 0.1) is 5.92 Å². The van der Waals surface area contributed by atoms with Crippen molar-refractivity contribution in [2.24, 2.45) is 10.9 Å². The molecular weight excluding hydrogens is 440 g/mol. The number of aliphatic imine (C=N–C) groups is 1. The van der Waals surface area contributed by atoms with Crippen LogP contribution in [0.3, 0.4) is 0 Å². The van der Waals surface area contributed by atoms with Crippen molar-refractivity contribution in [3.63, 3.8) is 0 Å². The molecule has 0 aromatic heterocycles. The van der Waals surface area contributed by atoms with Gasteiger partial charge < -0.3 is 10.1 Å². The minimum absolute atomic E-state index is 0.0195. The number of ketones is 1. The molecule has 124 valence electrons. The number of carbonyl (C=O) groups is 2. The predicted octanol–water partition coefficient (Wildman–Crippen LogP) is 2.74. The Morgan fingerprint density at radius 1 is 1.12 bits per heavy atom. The minimum atomic E-state index is -0.422. The summed E-state index contributed by atoms with van der Waals surface area (Å²) < 4.78 is 7.18. The van der Waals surface area contributed by atoms with Gasteiger partial charge in [-0.2, -0.15) is 0 Å². The first-order valence-corrected chi connectivity index (χ1v) is 9.29. The molecule has 3 aliphatic heterocycles. The van der Waals surface area contributed by atoms with Crippen LogP contribution < -0.4 is 5.32 Å². The Kier molecular flexibility index (Phi) is 4.18. The van der Waals surface area contributed by atoms with E-state index < -0.39 is 5.92 Å². The summed E-state index contributed by atoms with van der Waals surface area (Å²) >= 11 is 6.98. The highest BCUT2D eigenvalue weighted by atomic mass is 79.9. The third kappa shape index (κ3) is 2.59. The summed E-state index contributed by atoms with van der Waals surface area (Å²) in [6.45, 7) is 0.996. The topological polar surface area (TPSA) is 67.8 Å². The molecule has 0 radical (unpaired) electrons. The van der Waals surface area contributed by atoms with Crippen molar-refractivity contribution in [1.82, 2.24) is 5.32 Å². The molecule has 4 rings (SSSR count). The Hall–Kier alpha value is -1.31. The number of rotatable bonds is 1. The quantitative estimate of drug-likeness (QED) is 0.710. The van der Waals surface area contributed by atoms with E-state index in [2.05, 4.69) is 42.2 Å². The van der Waals surface area contributed by atoms with E-state index in [1.807, 2.05) is 18.2 Å². The predicted molar refractivity (Wildman–Crippen MR) is 96.0 cm³/mol. The van der Waals surface area contributed by atoms with Gasteiger partial charge in [0.2, 0.25) is 5.91 Å². The largest absolute Gasteiger partial charge is 0.368 e. The number of carbonyl (C=O) groups excluding carboxylic acids is 2. The Morgan fingerprint density at radius 2 is 1.96 bits per heavy atom. The molecule has 3 aliphatic rings. The fourth-order valence-electron chi connectivity index (χ4n) is 3.60. The van der Waals surface area contributed by atoms with Gasteiger partial charge in [-0.05, 0) is 49.6 Å². The van der Waals surface area contributed by atoms with Crippen LogP contribution in [-0.4, -0.2) is 37.2 Å². The number of ether oxygens (including phenoxy) is 1. The van der Waals surface area contributed by atoms with Gasteiger partial charge >= 0.3 is 0 Å². The number of hydrogen-bond donors (Lipinski definition) is 1. The van der Waals surface area contributed by atoms with Crippen molar-refractivity contribution in [3.05, 3.63) is 44.0 Å². The zero-order chi connectivity index (χ0) is 16.8. The van der Waals surface area contributed by atoms with Gasteiger partial charge in [0, 0.05) is 33.4 Å². The summed E-state index contributed by atoms with van der Waals surface area (Å²) in [7, 11) is 0. The highest BCUT2D eigenvalue weighted by molar-refractivity contribution is 9.13. The number of nitrogens with zero attached hydrogens (tertiary/aromatic N) is 1. The highest BCUT2D eigenvalue weighted by Crippen LogP contribution is 2.43. The first-order valence-electron chi connectivity index (χ1n) is 7.70. The molecule has 1 saturated heterocycles. The van der Waals surface area contributed by atoms with E-state index in [0.29, 0.717) is 25.1 Å². The van der Waals surface area contributed by atoms with Crippen molar-refractivity contribution in [1.29, 1.82) is 0 Å². The third-order valence-corrected chi connectivity index (χ3v) is 6.51. The highest BCUT2D eigenvalue weighted by Gasteiger charge is 2.45. The Morgan fingerprint density at radius 3 is 2.75 bits per heavy atom. The molecule has 1 N–H and O–H groups in total. The van der Waals surface area contributed by atoms with Gasteiger partial charge in [0.25, 0.3) is 0 Å². The number of nitrogens with one attached hydrogen (secondary N) is 1.